The molecule has 0 unspecified atom stereocenters. The van der Waals surface area contributed by atoms with Gasteiger partial charge in [-0.1, -0.05) is 41.6 Å². The number of rotatable bonds is 4. The first-order chi connectivity index (χ1) is 11.1. The largest absolute Gasteiger partial charge is 0.276 e. The molecule has 0 aliphatic rings. The molecular formula is C17H15ClFN3S. The van der Waals surface area contributed by atoms with Gasteiger partial charge in [0, 0.05) is 16.3 Å². The Morgan fingerprint density at radius 2 is 1.96 bits per heavy atom. The van der Waals surface area contributed by atoms with Crippen LogP contribution < -0.4 is 0 Å². The van der Waals surface area contributed by atoms with Crippen molar-refractivity contribution in [3.05, 3.63) is 70.3 Å². The van der Waals surface area contributed by atoms with Crippen LogP contribution in [-0.2, 0) is 5.75 Å². The molecule has 0 aliphatic heterocycles. The van der Waals surface area contributed by atoms with E-state index in [0.29, 0.717) is 21.5 Å². The molecule has 6 heteroatoms. The third-order valence-corrected chi connectivity index (χ3v) is 5.08. The summed E-state index contributed by atoms with van der Waals surface area (Å²) in [6.45, 7) is 4.13. The van der Waals surface area contributed by atoms with Gasteiger partial charge in [-0.3, -0.25) is 4.57 Å². The Morgan fingerprint density at radius 1 is 1.17 bits per heavy atom. The molecule has 3 aromatic rings. The SMILES string of the molecule is Cc1cccc(-n2cnnc2SCc2c(F)cccc2Cl)c1C. The Balaban J connectivity index is 1.89. The zero-order valence-corrected chi connectivity index (χ0v) is 14.3. The lowest BCUT2D eigenvalue weighted by molar-refractivity contribution is 0.617. The van der Waals surface area contributed by atoms with E-state index >= 15 is 0 Å². The predicted octanol–water partition coefficient (Wildman–Crippen LogP) is 4.97. The Kier molecular flexibility index (Phi) is 4.68. The zero-order valence-electron chi connectivity index (χ0n) is 12.8. The standard InChI is InChI=1S/C17H15ClFN3S/c1-11-5-3-8-16(12(11)2)22-10-20-21-17(22)23-9-13-14(18)6-4-7-15(13)19/h3-8,10H,9H2,1-2H3. The molecule has 2 aromatic carbocycles. The van der Waals surface area contributed by atoms with Crippen molar-refractivity contribution >= 4 is 23.4 Å². The van der Waals surface area contributed by atoms with Crippen molar-refractivity contribution in [1.82, 2.24) is 14.8 Å². The lowest BCUT2D eigenvalue weighted by atomic mass is 10.1. The molecule has 23 heavy (non-hydrogen) atoms. The summed E-state index contributed by atoms with van der Waals surface area (Å²) in [5.41, 5.74) is 3.87. The van der Waals surface area contributed by atoms with Gasteiger partial charge in [0.2, 0.25) is 0 Å². The third kappa shape index (κ3) is 3.26. The minimum Gasteiger partial charge on any atom is -0.276 e. The van der Waals surface area contributed by atoms with Crippen molar-refractivity contribution in [3.63, 3.8) is 0 Å². The van der Waals surface area contributed by atoms with Gasteiger partial charge in [-0.05, 0) is 43.2 Å². The fourth-order valence-corrected chi connectivity index (χ4v) is 3.56. The van der Waals surface area contributed by atoms with Gasteiger partial charge < -0.3 is 0 Å². The fourth-order valence-electron chi connectivity index (χ4n) is 2.29. The average Bonchev–Trinajstić information content (AvgIpc) is 2.98. The Hall–Kier alpha value is -1.85. The smallest absolute Gasteiger partial charge is 0.195 e. The number of hydrogen-bond acceptors (Lipinski definition) is 3. The molecule has 0 saturated carbocycles. The van der Waals surface area contributed by atoms with Gasteiger partial charge in [0.25, 0.3) is 0 Å². The van der Waals surface area contributed by atoms with E-state index in [1.165, 1.54) is 23.4 Å². The quantitative estimate of drug-likeness (QED) is 0.624. The van der Waals surface area contributed by atoms with E-state index < -0.39 is 0 Å². The van der Waals surface area contributed by atoms with E-state index in [1.807, 2.05) is 16.7 Å². The minimum atomic E-state index is -0.303. The number of benzene rings is 2. The maximum atomic E-state index is 13.9. The molecule has 3 nitrogen and oxygen atoms in total. The van der Waals surface area contributed by atoms with E-state index in [2.05, 4.69) is 30.1 Å². The second-order valence-electron chi connectivity index (χ2n) is 5.19. The number of aryl methyl sites for hydroxylation is 1. The molecule has 3 rings (SSSR count). The Morgan fingerprint density at radius 3 is 2.74 bits per heavy atom. The van der Waals surface area contributed by atoms with E-state index in [9.17, 15) is 4.39 Å². The van der Waals surface area contributed by atoms with Crippen molar-refractivity contribution in [1.29, 1.82) is 0 Å². The molecule has 1 aromatic heterocycles. The van der Waals surface area contributed by atoms with Crippen molar-refractivity contribution in [2.24, 2.45) is 0 Å². The molecule has 118 valence electrons. The van der Waals surface area contributed by atoms with Crippen LogP contribution in [0.3, 0.4) is 0 Å². The maximum Gasteiger partial charge on any atom is 0.195 e. The van der Waals surface area contributed by atoms with Gasteiger partial charge in [-0.15, -0.1) is 10.2 Å². The highest BCUT2D eigenvalue weighted by atomic mass is 35.5. The molecule has 0 aliphatic carbocycles. The van der Waals surface area contributed by atoms with Crippen LogP contribution in [0.4, 0.5) is 4.39 Å². The molecule has 0 spiro atoms. The van der Waals surface area contributed by atoms with E-state index in [1.54, 1.807) is 18.5 Å². The van der Waals surface area contributed by atoms with Crippen molar-refractivity contribution in [2.45, 2.75) is 24.8 Å². The average molecular weight is 348 g/mol. The number of hydrogen-bond donors (Lipinski definition) is 0. The van der Waals surface area contributed by atoms with Gasteiger partial charge in [0.1, 0.15) is 12.1 Å². The summed E-state index contributed by atoms with van der Waals surface area (Å²) in [5, 5.41) is 9.27. The molecule has 1 heterocycles. The number of thioether (sulfide) groups is 1. The van der Waals surface area contributed by atoms with Gasteiger partial charge in [0.15, 0.2) is 5.16 Å². The summed E-state index contributed by atoms with van der Waals surface area (Å²) in [6.07, 6.45) is 1.67. The normalized spacial score (nSPS) is 11.0. The second-order valence-corrected chi connectivity index (χ2v) is 6.54. The van der Waals surface area contributed by atoms with E-state index in [4.69, 9.17) is 11.6 Å². The summed E-state index contributed by atoms with van der Waals surface area (Å²) >= 11 is 7.49. The molecule has 0 N–H and O–H groups in total. The highest BCUT2D eigenvalue weighted by molar-refractivity contribution is 7.98. The monoisotopic (exact) mass is 347 g/mol. The number of halogens is 2. The Labute approximate surface area is 143 Å². The van der Waals surface area contributed by atoms with Crippen molar-refractivity contribution < 1.29 is 4.39 Å². The van der Waals surface area contributed by atoms with E-state index in [-0.39, 0.29) is 5.82 Å². The lowest BCUT2D eigenvalue weighted by Gasteiger charge is -2.11. The Bertz CT molecular complexity index is 827. The molecule has 0 amide bonds. The van der Waals surface area contributed by atoms with Crippen LogP contribution in [-0.4, -0.2) is 14.8 Å². The number of nitrogens with zero attached hydrogens (tertiary/aromatic N) is 3. The predicted molar refractivity (Wildman–Crippen MR) is 91.8 cm³/mol. The minimum absolute atomic E-state index is 0.303. The van der Waals surface area contributed by atoms with Crippen LogP contribution in [0, 0.1) is 19.7 Å². The molecule has 0 saturated heterocycles. The van der Waals surface area contributed by atoms with Crippen LogP contribution in [0.5, 0.6) is 0 Å². The highest BCUT2D eigenvalue weighted by Gasteiger charge is 2.13. The first-order valence-electron chi connectivity index (χ1n) is 7.10. The zero-order chi connectivity index (χ0) is 16.4. The van der Waals surface area contributed by atoms with Crippen LogP contribution in [0.15, 0.2) is 47.9 Å². The third-order valence-electron chi connectivity index (χ3n) is 3.76. The fraction of sp³-hybridized carbons (Fsp3) is 0.176. The first kappa shape index (κ1) is 16.0. The highest BCUT2D eigenvalue weighted by Crippen LogP contribution is 2.29. The number of aromatic nitrogens is 3. The summed E-state index contributed by atoms with van der Waals surface area (Å²) in [7, 11) is 0. The van der Waals surface area contributed by atoms with Gasteiger partial charge in [-0.25, -0.2) is 4.39 Å². The topological polar surface area (TPSA) is 30.7 Å². The molecular weight excluding hydrogens is 333 g/mol. The lowest BCUT2D eigenvalue weighted by Crippen LogP contribution is -2.00. The van der Waals surface area contributed by atoms with Crippen LogP contribution in [0.1, 0.15) is 16.7 Å². The van der Waals surface area contributed by atoms with Gasteiger partial charge in [-0.2, -0.15) is 0 Å². The summed E-state index contributed by atoms with van der Waals surface area (Å²) in [4.78, 5) is 0. The molecule has 0 bridgehead atoms. The summed E-state index contributed by atoms with van der Waals surface area (Å²) in [6, 6.07) is 10.8. The maximum absolute atomic E-state index is 13.9. The molecule has 0 atom stereocenters. The van der Waals surface area contributed by atoms with Crippen LogP contribution in [0.25, 0.3) is 5.69 Å². The van der Waals surface area contributed by atoms with Crippen LogP contribution in [0.2, 0.25) is 5.02 Å². The first-order valence-corrected chi connectivity index (χ1v) is 8.46. The molecule has 0 radical (unpaired) electrons. The second kappa shape index (κ2) is 6.72. The van der Waals surface area contributed by atoms with Gasteiger partial charge >= 0.3 is 0 Å². The van der Waals surface area contributed by atoms with E-state index in [0.717, 1.165) is 11.3 Å². The summed E-state index contributed by atoms with van der Waals surface area (Å²) in [5.74, 6) is 0.0949. The molecule has 0 fully saturated rings. The van der Waals surface area contributed by atoms with Crippen molar-refractivity contribution in [3.8, 4) is 5.69 Å². The summed E-state index contributed by atoms with van der Waals surface area (Å²) < 4.78 is 15.8. The van der Waals surface area contributed by atoms with Gasteiger partial charge in [0.05, 0.1) is 5.69 Å². The van der Waals surface area contributed by atoms with Crippen LogP contribution >= 0.6 is 23.4 Å². The van der Waals surface area contributed by atoms with Crippen molar-refractivity contribution in [2.75, 3.05) is 0 Å².